The standard InChI is InChI=1S/C8H10N2S/c1-11-10-6-4-7-3-2-5-9-8(7)10/h2-3,5H,4,6H2,1H3. The molecule has 0 fully saturated rings. The summed E-state index contributed by atoms with van der Waals surface area (Å²) in [4.78, 5) is 4.32. The lowest BCUT2D eigenvalue weighted by atomic mass is 10.2. The molecular formula is C8H10N2S. The molecule has 0 radical (unpaired) electrons. The Morgan fingerprint density at radius 2 is 2.55 bits per heavy atom. The number of hydrogen-bond acceptors (Lipinski definition) is 3. The lowest BCUT2D eigenvalue weighted by Crippen LogP contribution is -2.09. The average molecular weight is 166 g/mol. The monoisotopic (exact) mass is 166 g/mol. The molecule has 0 aliphatic carbocycles. The molecule has 2 heterocycles. The minimum absolute atomic E-state index is 1.10. The van der Waals surface area contributed by atoms with Crippen molar-refractivity contribution in [3.05, 3.63) is 23.9 Å². The number of hydrogen-bond donors (Lipinski definition) is 0. The van der Waals surface area contributed by atoms with Crippen LogP contribution in [0.15, 0.2) is 18.3 Å². The van der Waals surface area contributed by atoms with E-state index >= 15 is 0 Å². The molecule has 3 heteroatoms. The van der Waals surface area contributed by atoms with Crippen LogP contribution < -0.4 is 4.31 Å². The number of rotatable bonds is 1. The van der Waals surface area contributed by atoms with Gasteiger partial charge in [-0.1, -0.05) is 18.0 Å². The van der Waals surface area contributed by atoms with Gasteiger partial charge in [0.15, 0.2) is 0 Å². The Balaban J connectivity index is 2.39. The Morgan fingerprint density at radius 1 is 1.64 bits per heavy atom. The van der Waals surface area contributed by atoms with Crippen LogP contribution in [0.2, 0.25) is 0 Å². The third kappa shape index (κ3) is 1.09. The predicted octanol–water partition coefficient (Wildman–Crippen LogP) is 1.72. The first-order chi connectivity index (χ1) is 5.42. The van der Waals surface area contributed by atoms with Gasteiger partial charge in [-0.3, -0.25) is 0 Å². The van der Waals surface area contributed by atoms with Crippen LogP contribution in [-0.2, 0) is 6.42 Å². The third-order valence-electron chi connectivity index (χ3n) is 1.91. The van der Waals surface area contributed by atoms with Gasteiger partial charge in [0.05, 0.1) is 0 Å². The van der Waals surface area contributed by atoms with Gasteiger partial charge in [-0.25, -0.2) is 4.98 Å². The smallest absolute Gasteiger partial charge is 0.141 e. The fraction of sp³-hybridized carbons (Fsp3) is 0.375. The second-order valence-corrected chi connectivity index (χ2v) is 3.33. The summed E-state index contributed by atoms with van der Waals surface area (Å²) in [7, 11) is 0. The Morgan fingerprint density at radius 3 is 3.36 bits per heavy atom. The average Bonchev–Trinajstić information content (AvgIpc) is 2.47. The molecule has 0 N–H and O–H groups in total. The molecule has 0 saturated heterocycles. The van der Waals surface area contributed by atoms with Gasteiger partial charge in [0, 0.05) is 19.0 Å². The minimum Gasteiger partial charge on any atom is -0.300 e. The highest BCUT2D eigenvalue weighted by atomic mass is 32.2. The quantitative estimate of drug-likeness (QED) is 0.591. The summed E-state index contributed by atoms with van der Waals surface area (Å²) < 4.78 is 2.23. The molecule has 2 rings (SSSR count). The molecule has 2 nitrogen and oxygen atoms in total. The Kier molecular flexibility index (Phi) is 1.74. The van der Waals surface area contributed by atoms with E-state index in [2.05, 4.69) is 21.6 Å². The SMILES string of the molecule is CSN1CCc2cccnc21. The van der Waals surface area contributed by atoms with Crippen LogP contribution >= 0.6 is 11.9 Å². The van der Waals surface area contributed by atoms with E-state index in [9.17, 15) is 0 Å². The summed E-state index contributed by atoms with van der Waals surface area (Å²) in [5, 5.41) is 0. The van der Waals surface area contributed by atoms with Crippen LogP contribution in [0.5, 0.6) is 0 Å². The van der Waals surface area contributed by atoms with Crippen molar-refractivity contribution < 1.29 is 0 Å². The molecular weight excluding hydrogens is 156 g/mol. The molecule has 1 aromatic heterocycles. The number of anilines is 1. The van der Waals surface area contributed by atoms with E-state index in [1.54, 1.807) is 11.9 Å². The summed E-state index contributed by atoms with van der Waals surface area (Å²) in [6.45, 7) is 1.10. The molecule has 1 aliphatic rings. The largest absolute Gasteiger partial charge is 0.300 e. The number of nitrogens with zero attached hydrogens (tertiary/aromatic N) is 2. The number of aromatic nitrogens is 1. The molecule has 0 spiro atoms. The van der Waals surface area contributed by atoms with Gasteiger partial charge in [0.1, 0.15) is 5.82 Å². The number of pyridine rings is 1. The summed E-state index contributed by atoms with van der Waals surface area (Å²) in [5.41, 5.74) is 1.38. The third-order valence-corrected chi connectivity index (χ3v) is 2.70. The summed E-state index contributed by atoms with van der Waals surface area (Å²) in [5.74, 6) is 1.15. The van der Waals surface area contributed by atoms with E-state index in [1.807, 2.05) is 12.3 Å². The molecule has 0 bridgehead atoms. The van der Waals surface area contributed by atoms with E-state index in [0.29, 0.717) is 0 Å². The van der Waals surface area contributed by atoms with Crippen molar-refractivity contribution in [2.75, 3.05) is 17.1 Å². The zero-order valence-corrected chi connectivity index (χ0v) is 7.27. The highest BCUT2D eigenvalue weighted by Crippen LogP contribution is 2.28. The lowest BCUT2D eigenvalue weighted by Gasteiger charge is -2.12. The molecule has 1 aromatic rings. The number of fused-ring (bicyclic) bond motifs is 1. The zero-order valence-electron chi connectivity index (χ0n) is 6.45. The van der Waals surface area contributed by atoms with Crippen LogP contribution in [-0.4, -0.2) is 17.8 Å². The Hall–Kier alpha value is -0.700. The van der Waals surface area contributed by atoms with E-state index < -0.39 is 0 Å². The lowest BCUT2D eigenvalue weighted by molar-refractivity contribution is 1.05. The van der Waals surface area contributed by atoms with E-state index in [1.165, 1.54) is 5.56 Å². The van der Waals surface area contributed by atoms with Crippen molar-refractivity contribution >= 4 is 17.8 Å². The normalized spacial score (nSPS) is 15.2. The molecule has 1 aliphatic heterocycles. The fourth-order valence-electron chi connectivity index (χ4n) is 1.36. The molecule has 0 saturated carbocycles. The molecule has 11 heavy (non-hydrogen) atoms. The van der Waals surface area contributed by atoms with Crippen LogP contribution in [0.3, 0.4) is 0 Å². The van der Waals surface area contributed by atoms with Crippen LogP contribution in [0, 0.1) is 0 Å². The van der Waals surface area contributed by atoms with Crippen molar-refractivity contribution in [3.63, 3.8) is 0 Å². The zero-order chi connectivity index (χ0) is 7.68. The van der Waals surface area contributed by atoms with Gasteiger partial charge >= 0.3 is 0 Å². The molecule has 0 atom stereocenters. The summed E-state index contributed by atoms with van der Waals surface area (Å²) >= 11 is 1.75. The topological polar surface area (TPSA) is 16.1 Å². The molecule has 0 unspecified atom stereocenters. The van der Waals surface area contributed by atoms with Crippen LogP contribution in [0.4, 0.5) is 5.82 Å². The van der Waals surface area contributed by atoms with Gasteiger partial charge in [0.25, 0.3) is 0 Å². The highest BCUT2D eigenvalue weighted by Gasteiger charge is 2.18. The fourth-order valence-corrected chi connectivity index (χ4v) is 1.97. The first kappa shape index (κ1) is 6.98. The summed E-state index contributed by atoms with van der Waals surface area (Å²) in [6, 6.07) is 4.15. The van der Waals surface area contributed by atoms with Gasteiger partial charge in [-0.05, 0) is 18.1 Å². The second kappa shape index (κ2) is 2.74. The highest BCUT2D eigenvalue weighted by molar-refractivity contribution is 7.99. The summed E-state index contributed by atoms with van der Waals surface area (Å²) in [6.07, 6.45) is 5.08. The minimum atomic E-state index is 1.10. The Labute approximate surface area is 70.8 Å². The Bertz CT molecular complexity index is 262. The van der Waals surface area contributed by atoms with Crippen molar-refractivity contribution in [1.29, 1.82) is 0 Å². The van der Waals surface area contributed by atoms with Gasteiger partial charge in [-0.15, -0.1) is 0 Å². The van der Waals surface area contributed by atoms with Crippen molar-refractivity contribution in [2.45, 2.75) is 6.42 Å². The maximum atomic E-state index is 4.32. The van der Waals surface area contributed by atoms with Crippen LogP contribution in [0.25, 0.3) is 0 Å². The van der Waals surface area contributed by atoms with Crippen LogP contribution in [0.1, 0.15) is 5.56 Å². The van der Waals surface area contributed by atoms with Crippen molar-refractivity contribution in [2.24, 2.45) is 0 Å². The molecule has 0 aromatic carbocycles. The molecule has 0 amide bonds. The first-order valence-electron chi connectivity index (χ1n) is 3.67. The van der Waals surface area contributed by atoms with E-state index in [-0.39, 0.29) is 0 Å². The van der Waals surface area contributed by atoms with Crippen molar-refractivity contribution in [3.8, 4) is 0 Å². The molecule has 58 valence electrons. The first-order valence-corrected chi connectivity index (χ1v) is 4.85. The van der Waals surface area contributed by atoms with Gasteiger partial charge < -0.3 is 4.31 Å². The van der Waals surface area contributed by atoms with Crippen molar-refractivity contribution in [1.82, 2.24) is 4.98 Å². The maximum absolute atomic E-state index is 4.32. The second-order valence-electron chi connectivity index (χ2n) is 2.52. The van der Waals surface area contributed by atoms with Gasteiger partial charge in [-0.2, -0.15) is 0 Å². The van der Waals surface area contributed by atoms with E-state index in [0.717, 1.165) is 18.8 Å². The predicted molar refractivity (Wildman–Crippen MR) is 48.8 cm³/mol. The maximum Gasteiger partial charge on any atom is 0.141 e. The van der Waals surface area contributed by atoms with Gasteiger partial charge in [0.2, 0.25) is 0 Å². The van der Waals surface area contributed by atoms with E-state index in [4.69, 9.17) is 0 Å².